The van der Waals surface area contributed by atoms with Crippen LogP contribution in [-0.2, 0) is 4.79 Å². The largest absolute Gasteiger partial charge is 0.481 e. The second kappa shape index (κ2) is 6.22. The van der Waals surface area contributed by atoms with Crippen LogP contribution < -0.4 is 10.6 Å². The summed E-state index contributed by atoms with van der Waals surface area (Å²) < 4.78 is 0. The maximum atomic E-state index is 12.1. The van der Waals surface area contributed by atoms with Crippen molar-refractivity contribution in [3.05, 3.63) is 0 Å². The average Bonchev–Trinajstić information content (AvgIpc) is 3.04. The highest BCUT2D eigenvalue weighted by Crippen LogP contribution is 2.28. The summed E-state index contributed by atoms with van der Waals surface area (Å²) in [7, 11) is 0. The molecule has 1 saturated carbocycles. The van der Waals surface area contributed by atoms with Gasteiger partial charge in [0.25, 0.3) is 0 Å². The fraction of sp³-hybridized carbons (Fsp3) is 0.867. The molecule has 0 bridgehead atoms. The molecule has 1 aliphatic carbocycles. The molecule has 0 aromatic rings. The summed E-state index contributed by atoms with van der Waals surface area (Å²) in [5.74, 6) is -1.04. The van der Waals surface area contributed by atoms with Gasteiger partial charge in [-0.2, -0.15) is 0 Å². The van der Waals surface area contributed by atoms with Gasteiger partial charge in [0, 0.05) is 24.7 Å². The molecule has 6 heteroatoms. The van der Waals surface area contributed by atoms with Gasteiger partial charge in [-0.05, 0) is 45.1 Å². The number of nitrogens with zero attached hydrogens (tertiary/aromatic N) is 1. The van der Waals surface area contributed by atoms with Crippen molar-refractivity contribution in [2.75, 3.05) is 13.1 Å². The van der Waals surface area contributed by atoms with E-state index in [4.69, 9.17) is 5.11 Å². The molecule has 0 aromatic heterocycles. The van der Waals surface area contributed by atoms with E-state index >= 15 is 0 Å². The molecular formula is C15H25N3O3. The van der Waals surface area contributed by atoms with E-state index in [1.807, 2.05) is 0 Å². The second-order valence-electron chi connectivity index (χ2n) is 6.66. The van der Waals surface area contributed by atoms with E-state index in [0.717, 1.165) is 38.8 Å². The molecule has 2 amide bonds. The van der Waals surface area contributed by atoms with Gasteiger partial charge in [-0.25, -0.2) is 4.79 Å². The Morgan fingerprint density at radius 2 is 1.86 bits per heavy atom. The van der Waals surface area contributed by atoms with Crippen LogP contribution in [0.2, 0.25) is 0 Å². The van der Waals surface area contributed by atoms with Crippen molar-refractivity contribution in [3.63, 3.8) is 0 Å². The summed E-state index contributed by atoms with van der Waals surface area (Å²) in [4.78, 5) is 25.7. The maximum absolute atomic E-state index is 12.1. The minimum Gasteiger partial charge on any atom is -0.481 e. The Bertz CT molecular complexity index is 415. The van der Waals surface area contributed by atoms with Gasteiger partial charge in [0.05, 0.1) is 5.92 Å². The van der Waals surface area contributed by atoms with Crippen LogP contribution in [0.4, 0.5) is 4.79 Å². The molecule has 3 N–H and O–H groups in total. The van der Waals surface area contributed by atoms with E-state index in [-0.39, 0.29) is 24.0 Å². The zero-order valence-electron chi connectivity index (χ0n) is 12.4. The Morgan fingerprint density at radius 3 is 2.67 bits per heavy atom. The Morgan fingerprint density at radius 1 is 1.00 bits per heavy atom. The van der Waals surface area contributed by atoms with Crippen molar-refractivity contribution in [2.45, 2.75) is 63.1 Å². The van der Waals surface area contributed by atoms with Crippen LogP contribution in [0.5, 0.6) is 0 Å². The summed E-state index contributed by atoms with van der Waals surface area (Å²) in [6, 6.07) is 0.644. The van der Waals surface area contributed by atoms with Crippen LogP contribution in [0.25, 0.3) is 0 Å². The molecule has 2 saturated heterocycles. The predicted octanol–water partition coefficient (Wildman–Crippen LogP) is 1.17. The van der Waals surface area contributed by atoms with Gasteiger partial charge < -0.3 is 15.7 Å². The van der Waals surface area contributed by atoms with Crippen LogP contribution in [0, 0.1) is 5.92 Å². The molecule has 2 heterocycles. The van der Waals surface area contributed by atoms with Gasteiger partial charge in [0.15, 0.2) is 0 Å². The second-order valence-corrected chi connectivity index (χ2v) is 6.66. The molecule has 6 nitrogen and oxygen atoms in total. The number of fused-ring (bicyclic) bond motifs is 1. The summed E-state index contributed by atoms with van der Waals surface area (Å²) >= 11 is 0. The van der Waals surface area contributed by atoms with Crippen molar-refractivity contribution >= 4 is 12.0 Å². The molecular weight excluding hydrogens is 270 g/mol. The number of aliphatic carboxylic acids is 1. The fourth-order valence-electron chi connectivity index (χ4n) is 4.19. The van der Waals surface area contributed by atoms with Crippen LogP contribution in [0.3, 0.4) is 0 Å². The average molecular weight is 295 g/mol. The first-order chi connectivity index (χ1) is 10.1. The lowest BCUT2D eigenvalue weighted by atomic mass is 9.86. The van der Waals surface area contributed by atoms with Crippen molar-refractivity contribution in [1.82, 2.24) is 15.5 Å². The van der Waals surface area contributed by atoms with Crippen molar-refractivity contribution in [1.29, 1.82) is 0 Å². The number of hydrogen-bond acceptors (Lipinski definition) is 3. The summed E-state index contributed by atoms with van der Waals surface area (Å²) in [5, 5.41) is 15.2. The third kappa shape index (κ3) is 3.31. The van der Waals surface area contributed by atoms with Crippen LogP contribution in [-0.4, -0.2) is 53.2 Å². The first-order valence-electron chi connectivity index (χ1n) is 8.17. The number of rotatable bonds is 3. The van der Waals surface area contributed by atoms with Gasteiger partial charge in [0.2, 0.25) is 0 Å². The summed E-state index contributed by atoms with van der Waals surface area (Å²) in [6.45, 7) is 2.24. The molecule has 21 heavy (non-hydrogen) atoms. The standard InChI is InChI=1S/C15H25N3O3/c19-14(20)10-3-1-4-11(9-10)16-15(21)17-12-6-8-18-7-2-5-13(12)18/h10-13H,1-9H2,(H,19,20)(H2,16,17,21). The van der Waals surface area contributed by atoms with Gasteiger partial charge in [0.1, 0.15) is 0 Å². The monoisotopic (exact) mass is 295 g/mol. The van der Waals surface area contributed by atoms with Crippen LogP contribution >= 0.6 is 0 Å². The first-order valence-corrected chi connectivity index (χ1v) is 8.17. The van der Waals surface area contributed by atoms with E-state index in [9.17, 15) is 9.59 Å². The zero-order chi connectivity index (χ0) is 14.8. The number of urea groups is 1. The van der Waals surface area contributed by atoms with E-state index in [1.54, 1.807) is 0 Å². The predicted molar refractivity (Wildman–Crippen MR) is 78.0 cm³/mol. The molecule has 4 unspecified atom stereocenters. The van der Waals surface area contributed by atoms with Crippen molar-refractivity contribution in [2.24, 2.45) is 5.92 Å². The lowest BCUT2D eigenvalue weighted by Gasteiger charge is -2.28. The molecule has 3 fully saturated rings. The van der Waals surface area contributed by atoms with E-state index < -0.39 is 5.97 Å². The number of carboxylic acid groups (broad SMARTS) is 1. The maximum Gasteiger partial charge on any atom is 0.315 e. The Balaban J connectivity index is 1.47. The fourth-order valence-corrected chi connectivity index (χ4v) is 4.19. The minimum absolute atomic E-state index is 0.000865. The SMILES string of the molecule is O=C(NC1CCCC(C(=O)O)C1)NC1CCN2CCCC12. The van der Waals surface area contributed by atoms with Crippen molar-refractivity contribution < 1.29 is 14.7 Å². The van der Waals surface area contributed by atoms with Crippen molar-refractivity contribution in [3.8, 4) is 0 Å². The van der Waals surface area contributed by atoms with E-state index in [0.29, 0.717) is 12.5 Å². The number of carbonyl (C=O) groups is 2. The Kier molecular flexibility index (Phi) is 4.33. The highest BCUT2D eigenvalue weighted by Gasteiger charge is 2.38. The highest BCUT2D eigenvalue weighted by molar-refractivity contribution is 5.75. The van der Waals surface area contributed by atoms with Crippen LogP contribution in [0.15, 0.2) is 0 Å². The lowest BCUT2D eigenvalue weighted by Crippen LogP contribution is -2.50. The number of amides is 2. The third-order valence-corrected chi connectivity index (χ3v) is 5.28. The molecule has 0 radical (unpaired) electrons. The Hall–Kier alpha value is -1.30. The molecule has 0 aromatic carbocycles. The summed E-state index contributed by atoms with van der Waals surface area (Å²) in [6.07, 6.45) is 6.49. The summed E-state index contributed by atoms with van der Waals surface area (Å²) in [5.41, 5.74) is 0. The first kappa shape index (κ1) is 14.6. The Labute approximate surface area is 125 Å². The van der Waals surface area contributed by atoms with E-state index in [2.05, 4.69) is 15.5 Å². The topological polar surface area (TPSA) is 81.7 Å². The number of carbonyl (C=O) groups excluding carboxylic acids is 1. The molecule has 3 aliphatic rings. The third-order valence-electron chi connectivity index (χ3n) is 5.28. The van der Waals surface area contributed by atoms with Gasteiger partial charge in [-0.15, -0.1) is 0 Å². The quantitative estimate of drug-likeness (QED) is 0.730. The smallest absolute Gasteiger partial charge is 0.315 e. The van der Waals surface area contributed by atoms with Crippen LogP contribution in [0.1, 0.15) is 44.9 Å². The molecule has 118 valence electrons. The number of hydrogen-bond donors (Lipinski definition) is 3. The highest BCUT2D eigenvalue weighted by atomic mass is 16.4. The normalized spacial score (nSPS) is 36.2. The lowest BCUT2D eigenvalue weighted by molar-refractivity contribution is -0.143. The van der Waals surface area contributed by atoms with Gasteiger partial charge in [-0.3, -0.25) is 9.69 Å². The van der Waals surface area contributed by atoms with Gasteiger partial charge >= 0.3 is 12.0 Å². The number of carboxylic acids is 1. The minimum atomic E-state index is -0.737. The van der Waals surface area contributed by atoms with Gasteiger partial charge in [-0.1, -0.05) is 6.42 Å². The molecule has 3 rings (SSSR count). The zero-order valence-corrected chi connectivity index (χ0v) is 12.4. The van der Waals surface area contributed by atoms with E-state index in [1.165, 1.54) is 12.8 Å². The number of nitrogens with one attached hydrogen (secondary N) is 2. The molecule has 2 aliphatic heterocycles. The molecule has 4 atom stereocenters. The molecule has 0 spiro atoms.